The Hall–Kier alpha value is -0.890. The van der Waals surface area contributed by atoms with Gasteiger partial charge in [-0.3, -0.25) is 4.79 Å². The quantitative estimate of drug-likeness (QED) is 0.525. The fourth-order valence-electron chi connectivity index (χ4n) is 1.56. The van der Waals surface area contributed by atoms with Gasteiger partial charge in [-0.2, -0.15) is 0 Å². The maximum atomic E-state index is 12.8. The molecule has 1 rings (SSSR count). The van der Waals surface area contributed by atoms with Gasteiger partial charge in [0.2, 0.25) is 0 Å². The number of carbonyl (C=O) groups excluding carboxylic acids is 1. The monoisotopic (exact) mass is 242 g/mol. The Labute approximate surface area is 101 Å². The van der Waals surface area contributed by atoms with Crippen LogP contribution in [0.5, 0.6) is 0 Å². The summed E-state index contributed by atoms with van der Waals surface area (Å²) in [5, 5.41) is 0.209. The number of hydrogen-bond donors (Lipinski definition) is 0. The Kier molecular flexibility index (Phi) is 5.47. The van der Waals surface area contributed by atoms with Crippen LogP contribution in [0.1, 0.15) is 49.4 Å². The molecule has 0 unspecified atom stereocenters. The average Bonchev–Trinajstić information content (AvgIpc) is 2.24. The van der Waals surface area contributed by atoms with Gasteiger partial charge in [-0.05, 0) is 24.6 Å². The summed E-state index contributed by atoms with van der Waals surface area (Å²) in [4.78, 5) is 11.7. The van der Waals surface area contributed by atoms with Crippen molar-refractivity contribution in [1.82, 2.24) is 0 Å². The van der Waals surface area contributed by atoms with E-state index in [4.69, 9.17) is 11.6 Å². The molecule has 1 nitrogen and oxygen atoms in total. The van der Waals surface area contributed by atoms with E-state index in [0.717, 1.165) is 25.7 Å². The van der Waals surface area contributed by atoms with Crippen molar-refractivity contribution < 1.29 is 9.18 Å². The lowest BCUT2D eigenvalue weighted by molar-refractivity contribution is 0.0979. The van der Waals surface area contributed by atoms with E-state index in [1.807, 2.05) is 0 Å². The zero-order chi connectivity index (χ0) is 12.0. The van der Waals surface area contributed by atoms with Gasteiger partial charge in [-0.25, -0.2) is 4.39 Å². The Morgan fingerprint density at radius 1 is 1.31 bits per heavy atom. The van der Waals surface area contributed by atoms with Crippen molar-refractivity contribution in [2.24, 2.45) is 0 Å². The Morgan fingerprint density at radius 2 is 2.06 bits per heavy atom. The third-order valence-corrected chi connectivity index (χ3v) is 2.80. The van der Waals surface area contributed by atoms with Crippen LogP contribution in [0.3, 0.4) is 0 Å². The first-order valence-corrected chi connectivity index (χ1v) is 6.01. The molecule has 1 aromatic rings. The lowest BCUT2D eigenvalue weighted by Crippen LogP contribution is -2.00. The van der Waals surface area contributed by atoms with Crippen molar-refractivity contribution >= 4 is 17.4 Å². The lowest BCUT2D eigenvalue weighted by Gasteiger charge is -2.03. The van der Waals surface area contributed by atoms with Gasteiger partial charge in [0.25, 0.3) is 0 Å². The average molecular weight is 243 g/mol. The number of halogens is 2. The van der Waals surface area contributed by atoms with Crippen LogP contribution in [-0.2, 0) is 0 Å². The van der Waals surface area contributed by atoms with Gasteiger partial charge in [0.1, 0.15) is 5.82 Å². The normalized spacial score (nSPS) is 10.4. The third-order valence-electron chi connectivity index (χ3n) is 2.49. The van der Waals surface area contributed by atoms with Gasteiger partial charge < -0.3 is 0 Å². The first kappa shape index (κ1) is 13.2. The SMILES string of the molecule is CCCCCCC(=O)c1ccc(F)cc1Cl. The summed E-state index contributed by atoms with van der Waals surface area (Å²) in [5.74, 6) is -0.409. The largest absolute Gasteiger partial charge is 0.294 e. The fourth-order valence-corrected chi connectivity index (χ4v) is 1.84. The van der Waals surface area contributed by atoms with E-state index in [0.29, 0.717) is 12.0 Å². The Morgan fingerprint density at radius 3 is 2.69 bits per heavy atom. The number of ketones is 1. The second kappa shape index (κ2) is 6.64. The van der Waals surface area contributed by atoms with Gasteiger partial charge in [0.15, 0.2) is 5.78 Å². The van der Waals surface area contributed by atoms with Crippen LogP contribution in [0.4, 0.5) is 4.39 Å². The molecule has 0 aliphatic rings. The van der Waals surface area contributed by atoms with E-state index in [2.05, 4.69) is 6.92 Å². The topological polar surface area (TPSA) is 17.1 Å². The van der Waals surface area contributed by atoms with Crippen molar-refractivity contribution in [2.45, 2.75) is 39.0 Å². The molecule has 16 heavy (non-hydrogen) atoms. The summed E-state index contributed by atoms with van der Waals surface area (Å²) < 4.78 is 12.8. The predicted octanol–water partition coefficient (Wildman–Crippen LogP) is 4.63. The van der Waals surface area contributed by atoms with Gasteiger partial charge in [-0.1, -0.05) is 37.8 Å². The number of benzene rings is 1. The molecule has 88 valence electrons. The first-order valence-electron chi connectivity index (χ1n) is 5.63. The summed E-state index contributed by atoms with van der Waals surface area (Å²) in [6, 6.07) is 3.91. The predicted molar refractivity (Wildman–Crippen MR) is 64.5 cm³/mol. The van der Waals surface area contributed by atoms with Crippen LogP contribution < -0.4 is 0 Å². The van der Waals surface area contributed by atoms with Crippen LogP contribution in [0.25, 0.3) is 0 Å². The summed E-state index contributed by atoms with van der Waals surface area (Å²) in [7, 11) is 0. The van der Waals surface area contributed by atoms with Crippen molar-refractivity contribution in [3.8, 4) is 0 Å². The smallest absolute Gasteiger partial charge is 0.164 e. The van der Waals surface area contributed by atoms with Crippen molar-refractivity contribution in [3.05, 3.63) is 34.6 Å². The second-order valence-electron chi connectivity index (χ2n) is 3.86. The standard InChI is InChI=1S/C13H16ClFO/c1-2-3-4-5-6-13(16)11-8-7-10(15)9-12(11)14/h7-9H,2-6H2,1H3. The summed E-state index contributed by atoms with van der Waals surface area (Å²) in [6.45, 7) is 2.12. The van der Waals surface area contributed by atoms with Gasteiger partial charge in [0.05, 0.1) is 5.02 Å². The lowest BCUT2D eigenvalue weighted by atomic mass is 10.0. The van der Waals surface area contributed by atoms with Crippen LogP contribution in [-0.4, -0.2) is 5.78 Å². The van der Waals surface area contributed by atoms with E-state index in [9.17, 15) is 9.18 Å². The van der Waals surface area contributed by atoms with Crippen molar-refractivity contribution in [2.75, 3.05) is 0 Å². The van der Waals surface area contributed by atoms with Crippen LogP contribution in [0.2, 0.25) is 5.02 Å². The molecule has 0 saturated heterocycles. The Bertz CT molecular complexity index is 363. The van der Waals surface area contributed by atoms with Crippen LogP contribution >= 0.6 is 11.6 Å². The highest BCUT2D eigenvalue weighted by Gasteiger charge is 2.10. The van der Waals surface area contributed by atoms with Gasteiger partial charge in [0, 0.05) is 12.0 Å². The van der Waals surface area contributed by atoms with Crippen molar-refractivity contribution in [1.29, 1.82) is 0 Å². The minimum Gasteiger partial charge on any atom is -0.294 e. The molecule has 0 fully saturated rings. The van der Waals surface area contributed by atoms with E-state index in [1.165, 1.54) is 18.2 Å². The van der Waals surface area contributed by atoms with E-state index < -0.39 is 5.82 Å². The molecule has 0 heterocycles. The minimum atomic E-state index is -0.410. The zero-order valence-corrected chi connectivity index (χ0v) is 10.2. The molecular formula is C13H16ClFO. The number of Topliss-reactive ketones (excluding diaryl/α,β-unsaturated/α-hetero) is 1. The highest BCUT2D eigenvalue weighted by molar-refractivity contribution is 6.33. The van der Waals surface area contributed by atoms with E-state index in [-0.39, 0.29) is 10.8 Å². The highest BCUT2D eigenvalue weighted by Crippen LogP contribution is 2.19. The summed E-state index contributed by atoms with van der Waals surface area (Å²) >= 11 is 5.80. The molecule has 0 aliphatic heterocycles. The number of unbranched alkanes of at least 4 members (excludes halogenated alkanes) is 3. The summed E-state index contributed by atoms with van der Waals surface area (Å²) in [5.41, 5.74) is 0.430. The molecule has 0 aliphatic carbocycles. The molecule has 0 aromatic heterocycles. The maximum Gasteiger partial charge on any atom is 0.164 e. The molecule has 0 amide bonds. The van der Waals surface area contributed by atoms with E-state index in [1.54, 1.807) is 0 Å². The summed E-state index contributed by atoms with van der Waals surface area (Å²) in [6.07, 6.45) is 4.71. The highest BCUT2D eigenvalue weighted by atomic mass is 35.5. The molecule has 0 N–H and O–H groups in total. The fraction of sp³-hybridized carbons (Fsp3) is 0.462. The number of hydrogen-bond acceptors (Lipinski definition) is 1. The number of rotatable bonds is 6. The molecule has 3 heteroatoms. The molecule has 0 saturated carbocycles. The molecule has 0 atom stereocenters. The Balaban J connectivity index is 2.53. The molecule has 0 radical (unpaired) electrons. The third kappa shape index (κ3) is 3.93. The van der Waals surface area contributed by atoms with Crippen LogP contribution in [0, 0.1) is 5.82 Å². The number of carbonyl (C=O) groups is 1. The van der Waals surface area contributed by atoms with Gasteiger partial charge in [-0.15, -0.1) is 0 Å². The van der Waals surface area contributed by atoms with E-state index >= 15 is 0 Å². The van der Waals surface area contributed by atoms with Crippen molar-refractivity contribution in [3.63, 3.8) is 0 Å². The second-order valence-corrected chi connectivity index (χ2v) is 4.27. The molecule has 0 spiro atoms. The molecular weight excluding hydrogens is 227 g/mol. The first-order chi connectivity index (χ1) is 7.65. The zero-order valence-electron chi connectivity index (χ0n) is 9.43. The molecule has 1 aromatic carbocycles. The molecule has 0 bridgehead atoms. The minimum absolute atomic E-state index is 0.00102. The maximum absolute atomic E-state index is 12.8. The van der Waals surface area contributed by atoms with Gasteiger partial charge >= 0.3 is 0 Å². The van der Waals surface area contributed by atoms with Crippen LogP contribution in [0.15, 0.2) is 18.2 Å².